The van der Waals surface area contributed by atoms with Crippen LogP contribution in [0.25, 0.3) is 0 Å². The van der Waals surface area contributed by atoms with Crippen LogP contribution in [0.2, 0.25) is 0 Å². The van der Waals surface area contributed by atoms with E-state index >= 15 is 0 Å². The van der Waals surface area contributed by atoms with E-state index in [0.717, 1.165) is 37.9 Å². The van der Waals surface area contributed by atoms with Crippen LogP contribution in [0.5, 0.6) is 0 Å². The third kappa shape index (κ3) is 2.60. The Morgan fingerprint density at radius 2 is 2.29 bits per heavy atom. The zero-order valence-corrected chi connectivity index (χ0v) is 10.6. The first-order valence-corrected chi connectivity index (χ1v) is 6.34. The quantitative estimate of drug-likeness (QED) is 0.868. The lowest BCUT2D eigenvalue weighted by atomic mass is 10.0. The summed E-state index contributed by atoms with van der Waals surface area (Å²) in [5.74, 6) is 0.125. The first-order valence-electron chi connectivity index (χ1n) is 6.34. The van der Waals surface area contributed by atoms with E-state index in [0.29, 0.717) is 0 Å². The molecule has 1 aliphatic rings. The highest BCUT2D eigenvalue weighted by atomic mass is 16.2. The molecule has 3 heteroatoms. The van der Waals surface area contributed by atoms with Gasteiger partial charge in [0.05, 0.1) is 0 Å². The van der Waals surface area contributed by atoms with Crippen molar-refractivity contribution in [3.05, 3.63) is 29.3 Å². The van der Waals surface area contributed by atoms with Gasteiger partial charge in [-0.1, -0.05) is 6.92 Å². The summed E-state index contributed by atoms with van der Waals surface area (Å²) in [6.45, 7) is 3.94. The molecule has 0 bridgehead atoms. The van der Waals surface area contributed by atoms with Crippen LogP contribution in [0, 0.1) is 0 Å². The lowest BCUT2D eigenvalue weighted by molar-refractivity contribution is 0.0795. The fraction of sp³-hybridized carbons (Fsp3) is 0.500. The Labute approximate surface area is 103 Å². The van der Waals surface area contributed by atoms with Gasteiger partial charge < -0.3 is 10.2 Å². The molecule has 0 spiro atoms. The zero-order chi connectivity index (χ0) is 12.3. The van der Waals surface area contributed by atoms with E-state index in [2.05, 4.69) is 12.2 Å². The van der Waals surface area contributed by atoms with Crippen LogP contribution >= 0.6 is 0 Å². The van der Waals surface area contributed by atoms with Crippen molar-refractivity contribution in [2.75, 3.05) is 25.5 Å². The topological polar surface area (TPSA) is 32.3 Å². The van der Waals surface area contributed by atoms with Crippen LogP contribution in [0.15, 0.2) is 18.2 Å². The maximum absolute atomic E-state index is 12.1. The number of rotatable bonds is 3. The molecule has 2 rings (SSSR count). The van der Waals surface area contributed by atoms with Gasteiger partial charge in [-0.05, 0) is 43.0 Å². The predicted molar refractivity (Wildman–Crippen MR) is 70.5 cm³/mol. The van der Waals surface area contributed by atoms with Gasteiger partial charge in [0.15, 0.2) is 0 Å². The molecule has 0 fully saturated rings. The lowest BCUT2D eigenvalue weighted by Crippen LogP contribution is -2.27. The molecule has 0 saturated carbocycles. The van der Waals surface area contributed by atoms with Gasteiger partial charge in [0.25, 0.3) is 5.91 Å². The van der Waals surface area contributed by atoms with Crippen molar-refractivity contribution in [3.8, 4) is 0 Å². The van der Waals surface area contributed by atoms with Gasteiger partial charge in [0.1, 0.15) is 0 Å². The van der Waals surface area contributed by atoms with Crippen molar-refractivity contribution in [3.63, 3.8) is 0 Å². The minimum atomic E-state index is 0.125. The third-order valence-corrected chi connectivity index (χ3v) is 3.20. The average molecular weight is 232 g/mol. The summed E-state index contributed by atoms with van der Waals surface area (Å²) in [6.07, 6.45) is 3.21. The lowest BCUT2D eigenvalue weighted by Gasteiger charge is -2.20. The summed E-state index contributed by atoms with van der Waals surface area (Å²) in [4.78, 5) is 13.9. The van der Waals surface area contributed by atoms with Crippen molar-refractivity contribution in [1.29, 1.82) is 0 Å². The SMILES string of the molecule is CCCN(C)C(=O)c1ccc2c(c1)CCCN2. The fourth-order valence-corrected chi connectivity index (χ4v) is 2.27. The molecular weight excluding hydrogens is 212 g/mol. The monoisotopic (exact) mass is 232 g/mol. The zero-order valence-electron chi connectivity index (χ0n) is 10.6. The van der Waals surface area contributed by atoms with Crippen LogP contribution in [0.3, 0.4) is 0 Å². The number of anilines is 1. The maximum Gasteiger partial charge on any atom is 0.253 e. The second-order valence-corrected chi connectivity index (χ2v) is 4.63. The second kappa shape index (κ2) is 5.21. The molecule has 92 valence electrons. The van der Waals surface area contributed by atoms with Crippen molar-refractivity contribution >= 4 is 11.6 Å². The van der Waals surface area contributed by atoms with Crippen molar-refractivity contribution in [2.24, 2.45) is 0 Å². The summed E-state index contributed by atoms with van der Waals surface area (Å²) in [5.41, 5.74) is 3.27. The van der Waals surface area contributed by atoms with Gasteiger partial charge in [-0.3, -0.25) is 4.79 Å². The molecule has 1 N–H and O–H groups in total. The number of nitrogens with one attached hydrogen (secondary N) is 1. The largest absolute Gasteiger partial charge is 0.385 e. The van der Waals surface area contributed by atoms with Crippen LogP contribution in [0.1, 0.15) is 35.7 Å². The molecule has 3 nitrogen and oxygen atoms in total. The Morgan fingerprint density at radius 3 is 3.06 bits per heavy atom. The highest BCUT2D eigenvalue weighted by Crippen LogP contribution is 2.23. The predicted octanol–water partition coefficient (Wildman–Crippen LogP) is 2.53. The van der Waals surface area contributed by atoms with Crippen LogP contribution in [-0.2, 0) is 6.42 Å². The number of amides is 1. The van der Waals surface area contributed by atoms with Gasteiger partial charge in [0, 0.05) is 31.4 Å². The molecule has 0 unspecified atom stereocenters. The van der Waals surface area contributed by atoms with E-state index in [-0.39, 0.29) is 5.91 Å². The molecule has 0 radical (unpaired) electrons. The molecule has 0 atom stereocenters. The molecule has 1 aliphatic heterocycles. The number of aryl methyl sites for hydroxylation is 1. The molecule has 17 heavy (non-hydrogen) atoms. The van der Waals surface area contributed by atoms with Crippen LogP contribution in [0.4, 0.5) is 5.69 Å². The Morgan fingerprint density at radius 1 is 1.47 bits per heavy atom. The highest BCUT2D eigenvalue weighted by molar-refractivity contribution is 5.94. The van der Waals surface area contributed by atoms with E-state index in [1.807, 2.05) is 25.2 Å². The van der Waals surface area contributed by atoms with Crippen molar-refractivity contribution < 1.29 is 4.79 Å². The smallest absolute Gasteiger partial charge is 0.253 e. The Hall–Kier alpha value is -1.51. The highest BCUT2D eigenvalue weighted by Gasteiger charge is 2.14. The van der Waals surface area contributed by atoms with E-state index in [1.54, 1.807) is 4.90 Å². The van der Waals surface area contributed by atoms with Crippen molar-refractivity contribution in [2.45, 2.75) is 26.2 Å². The third-order valence-electron chi connectivity index (χ3n) is 3.20. The first kappa shape index (κ1) is 12.0. The van der Waals surface area contributed by atoms with Gasteiger partial charge in [-0.15, -0.1) is 0 Å². The minimum Gasteiger partial charge on any atom is -0.385 e. The fourth-order valence-electron chi connectivity index (χ4n) is 2.27. The number of nitrogens with zero attached hydrogens (tertiary/aromatic N) is 1. The second-order valence-electron chi connectivity index (χ2n) is 4.63. The number of hydrogen-bond donors (Lipinski definition) is 1. The Bertz CT molecular complexity index is 415. The average Bonchev–Trinajstić information content (AvgIpc) is 2.37. The number of carbonyl (C=O) groups excluding carboxylic acids is 1. The van der Waals surface area contributed by atoms with Gasteiger partial charge in [-0.2, -0.15) is 0 Å². The van der Waals surface area contributed by atoms with Gasteiger partial charge in [-0.25, -0.2) is 0 Å². The summed E-state index contributed by atoms with van der Waals surface area (Å²) in [5, 5.41) is 3.36. The van der Waals surface area contributed by atoms with Crippen LogP contribution < -0.4 is 5.32 Å². The number of fused-ring (bicyclic) bond motifs is 1. The molecule has 1 amide bonds. The van der Waals surface area contributed by atoms with E-state index in [9.17, 15) is 4.79 Å². The number of benzene rings is 1. The first-order chi connectivity index (χ1) is 8.22. The summed E-state index contributed by atoms with van der Waals surface area (Å²) < 4.78 is 0. The van der Waals surface area contributed by atoms with Gasteiger partial charge in [0.2, 0.25) is 0 Å². The van der Waals surface area contributed by atoms with E-state index in [1.165, 1.54) is 11.3 Å². The summed E-state index contributed by atoms with van der Waals surface area (Å²) >= 11 is 0. The standard InChI is InChI=1S/C14H20N2O/c1-3-9-16(2)14(17)12-6-7-13-11(10-12)5-4-8-15-13/h6-7,10,15H,3-5,8-9H2,1-2H3. The molecule has 0 aromatic heterocycles. The van der Waals surface area contributed by atoms with E-state index < -0.39 is 0 Å². The number of carbonyl (C=O) groups is 1. The molecule has 1 aromatic rings. The van der Waals surface area contributed by atoms with E-state index in [4.69, 9.17) is 0 Å². The van der Waals surface area contributed by atoms with Crippen molar-refractivity contribution in [1.82, 2.24) is 4.90 Å². The molecule has 1 heterocycles. The molecule has 0 aliphatic carbocycles. The maximum atomic E-state index is 12.1. The van der Waals surface area contributed by atoms with Crippen LogP contribution in [-0.4, -0.2) is 30.9 Å². The summed E-state index contributed by atoms with van der Waals surface area (Å²) in [7, 11) is 1.86. The summed E-state index contributed by atoms with van der Waals surface area (Å²) in [6, 6.07) is 5.99. The molecule has 0 saturated heterocycles. The Kier molecular flexibility index (Phi) is 3.67. The molecule has 1 aromatic carbocycles. The Balaban J connectivity index is 2.19. The normalized spacial score (nSPS) is 13.8. The molecular formula is C14H20N2O. The van der Waals surface area contributed by atoms with Gasteiger partial charge >= 0.3 is 0 Å². The number of hydrogen-bond acceptors (Lipinski definition) is 2. The minimum absolute atomic E-state index is 0.125.